The van der Waals surface area contributed by atoms with E-state index in [-0.39, 0.29) is 5.91 Å². The van der Waals surface area contributed by atoms with Crippen LogP contribution in [0.3, 0.4) is 0 Å². The van der Waals surface area contributed by atoms with E-state index in [1.54, 1.807) is 0 Å². The molecule has 5 nitrogen and oxygen atoms in total. The molecule has 24 heavy (non-hydrogen) atoms. The lowest BCUT2D eigenvalue weighted by molar-refractivity contribution is -0.110. The Labute approximate surface area is 141 Å². The Hall–Kier alpha value is -2.82. The summed E-state index contributed by atoms with van der Waals surface area (Å²) in [6.45, 7) is 5.61. The number of pyridine rings is 1. The molecule has 0 spiro atoms. The van der Waals surface area contributed by atoms with Gasteiger partial charge in [-0.3, -0.25) is 4.79 Å². The van der Waals surface area contributed by atoms with Crippen LogP contribution >= 0.6 is 0 Å². The molecular weight excluding hydrogens is 300 g/mol. The summed E-state index contributed by atoms with van der Waals surface area (Å²) in [5.74, 6) is 1.01. The first-order valence-corrected chi connectivity index (χ1v) is 8.25. The number of amides is 1. The molecule has 2 aliphatic rings. The zero-order valence-electron chi connectivity index (χ0n) is 13.7. The summed E-state index contributed by atoms with van der Waals surface area (Å²) in [5, 5.41) is 2.96. The van der Waals surface area contributed by atoms with Crippen molar-refractivity contribution < 1.29 is 4.79 Å². The molecule has 1 aromatic carbocycles. The van der Waals surface area contributed by atoms with Crippen LogP contribution in [0.2, 0.25) is 0 Å². The highest BCUT2D eigenvalue weighted by Crippen LogP contribution is 2.32. The van der Waals surface area contributed by atoms with Gasteiger partial charge in [-0.15, -0.1) is 0 Å². The fourth-order valence-corrected chi connectivity index (χ4v) is 3.24. The van der Waals surface area contributed by atoms with Gasteiger partial charge in [-0.2, -0.15) is 0 Å². The van der Waals surface area contributed by atoms with Crippen LogP contribution in [0.15, 0.2) is 48.8 Å². The van der Waals surface area contributed by atoms with Crippen LogP contribution in [-0.2, 0) is 4.79 Å². The van der Waals surface area contributed by atoms with Crippen molar-refractivity contribution in [1.29, 1.82) is 0 Å². The zero-order valence-corrected chi connectivity index (χ0v) is 13.7. The molecule has 0 radical (unpaired) electrons. The van der Waals surface area contributed by atoms with E-state index in [9.17, 15) is 4.79 Å². The number of carbonyl (C=O) groups is 1. The van der Waals surface area contributed by atoms with Crippen LogP contribution in [0.5, 0.6) is 0 Å². The molecule has 1 amide bonds. The Morgan fingerprint density at radius 3 is 2.71 bits per heavy atom. The number of nitrogens with one attached hydrogen (secondary N) is 1. The average Bonchev–Trinajstić information content (AvgIpc) is 2.91. The van der Waals surface area contributed by atoms with Gasteiger partial charge in [-0.1, -0.05) is 18.2 Å². The number of fused-ring (bicyclic) bond motifs is 1. The van der Waals surface area contributed by atoms with Crippen LogP contribution in [0.1, 0.15) is 11.1 Å². The van der Waals surface area contributed by atoms with E-state index in [0.717, 1.165) is 54.4 Å². The molecule has 2 aromatic rings. The van der Waals surface area contributed by atoms with E-state index in [0.29, 0.717) is 0 Å². The number of anilines is 2. The summed E-state index contributed by atoms with van der Waals surface area (Å²) in [4.78, 5) is 21.2. The molecule has 0 atom stereocenters. The summed E-state index contributed by atoms with van der Waals surface area (Å²) in [6, 6.07) is 12.1. The highest BCUT2D eigenvalue weighted by molar-refractivity contribution is 6.31. The lowest BCUT2D eigenvalue weighted by atomic mass is 10.1. The lowest BCUT2D eigenvalue weighted by Crippen LogP contribution is -2.44. The number of aromatic nitrogens is 1. The Morgan fingerprint density at radius 2 is 1.96 bits per heavy atom. The molecule has 1 saturated heterocycles. The molecule has 0 unspecified atom stereocenters. The quantitative estimate of drug-likeness (QED) is 0.864. The fourth-order valence-electron chi connectivity index (χ4n) is 3.24. The summed E-state index contributed by atoms with van der Waals surface area (Å²) < 4.78 is 0. The fraction of sp³-hybridized carbons (Fsp3) is 0.263. The van der Waals surface area contributed by atoms with Crippen molar-refractivity contribution in [2.45, 2.75) is 6.92 Å². The van der Waals surface area contributed by atoms with Gasteiger partial charge in [0.15, 0.2) is 0 Å². The monoisotopic (exact) mass is 320 g/mol. The van der Waals surface area contributed by atoms with Gasteiger partial charge in [-0.05, 0) is 30.7 Å². The number of hydrogen-bond donors (Lipinski definition) is 1. The van der Waals surface area contributed by atoms with E-state index in [2.05, 4.69) is 20.1 Å². The van der Waals surface area contributed by atoms with Crippen molar-refractivity contribution in [3.8, 4) is 0 Å². The number of hydrogen-bond acceptors (Lipinski definition) is 4. The summed E-state index contributed by atoms with van der Waals surface area (Å²) in [6.07, 6.45) is 3.83. The second-order valence-electron chi connectivity index (χ2n) is 6.26. The standard InChI is InChI=1S/C19H20N4O/c1-14-5-6-15-16(19(24)21-17(15)12-14)13-22-8-10-23(11-9-22)18-4-2-3-7-20-18/h2-7,12-13H,8-11H2,1H3,(H,21,24)/b16-13+. The smallest absolute Gasteiger partial charge is 0.257 e. The number of piperazine rings is 1. The van der Waals surface area contributed by atoms with Gasteiger partial charge < -0.3 is 15.1 Å². The highest BCUT2D eigenvalue weighted by atomic mass is 16.2. The van der Waals surface area contributed by atoms with Crippen LogP contribution in [0.25, 0.3) is 5.57 Å². The predicted octanol–water partition coefficient (Wildman–Crippen LogP) is 2.51. The average molecular weight is 320 g/mol. The molecule has 0 aliphatic carbocycles. The maximum absolute atomic E-state index is 12.3. The van der Waals surface area contributed by atoms with Crippen LogP contribution < -0.4 is 10.2 Å². The molecule has 0 bridgehead atoms. The normalized spacial score (nSPS) is 18.7. The molecule has 0 saturated carbocycles. The summed E-state index contributed by atoms with van der Waals surface area (Å²) in [7, 11) is 0. The summed E-state index contributed by atoms with van der Waals surface area (Å²) in [5.41, 5.74) is 3.83. The van der Waals surface area contributed by atoms with Crippen molar-refractivity contribution >= 4 is 23.0 Å². The van der Waals surface area contributed by atoms with Gasteiger partial charge in [0.25, 0.3) is 5.91 Å². The number of aryl methyl sites for hydroxylation is 1. The second-order valence-corrected chi connectivity index (χ2v) is 6.26. The van der Waals surface area contributed by atoms with Crippen molar-refractivity contribution in [2.24, 2.45) is 0 Å². The van der Waals surface area contributed by atoms with Gasteiger partial charge in [0.2, 0.25) is 0 Å². The Morgan fingerprint density at radius 1 is 1.12 bits per heavy atom. The minimum absolute atomic E-state index is 0.0113. The molecule has 5 heteroatoms. The van der Waals surface area contributed by atoms with Gasteiger partial charge in [0.1, 0.15) is 5.82 Å². The maximum atomic E-state index is 12.3. The SMILES string of the molecule is Cc1ccc2c(c1)NC(=O)/C2=C/N1CCN(c2ccccn2)CC1. The van der Waals surface area contributed by atoms with Gasteiger partial charge >= 0.3 is 0 Å². The largest absolute Gasteiger partial charge is 0.373 e. The van der Waals surface area contributed by atoms with Gasteiger partial charge in [0.05, 0.1) is 5.57 Å². The molecule has 4 rings (SSSR count). The molecule has 122 valence electrons. The Kier molecular flexibility index (Phi) is 3.69. The van der Waals surface area contributed by atoms with E-state index in [1.807, 2.05) is 55.7 Å². The zero-order chi connectivity index (χ0) is 16.5. The maximum Gasteiger partial charge on any atom is 0.257 e. The Bertz CT molecular complexity index is 792. The van der Waals surface area contributed by atoms with Gasteiger partial charge in [-0.25, -0.2) is 4.98 Å². The van der Waals surface area contributed by atoms with E-state index >= 15 is 0 Å². The first-order valence-electron chi connectivity index (χ1n) is 8.25. The van der Waals surface area contributed by atoms with Crippen molar-refractivity contribution in [2.75, 3.05) is 36.4 Å². The van der Waals surface area contributed by atoms with E-state index in [4.69, 9.17) is 0 Å². The van der Waals surface area contributed by atoms with Crippen molar-refractivity contribution in [3.63, 3.8) is 0 Å². The third-order valence-corrected chi connectivity index (χ3v) is 4.56. The van der Waals surface area contributed by atoms with Crippen molar-refractivity contribution in [3.05, 3.63) is 59.9 Å². The second kappa shape index (κ2) is 6.00. The molecule has 3 heterocycles. The van der Waals surface area contributed by atoms with Crippen LogP contribution in [0.4, 0.5) is 11.5 Å². The van der Waals surface area contributed by atoms with E-state index in [1.165, 1.54) is 0 Å². The van der Waals surface area contributed by atoms with Crippen molar-refractivity contribution in [1.82, 2.24) is 9.88 Å². The first kappa shape index (κ1) is 14.8. The number of rotatable bonds is 2. The number of carbonyl (C=O) groups excluding carboxylic acids is 1. The van der Waals surface area contributed by atoms with Crippen LogP contribution in [-0.4, -0.2) is 42.0 Å². The molecule has 1 N–H and O–H groups in total. The molecule has 1 aromatic heterocycles. The summed E-state index contributed by atoms with van der Waals surface area (Å²) >= 11 is 0. The first-order chi connectivity index (χ1) is 11.7. The molecule has 2 aliphatic heterocycles. The third kappa shape index (κ3) is 2.73. The number of benzene rings is 1. The Balaban J connectivity index is 1.49. The number of nitrogens with zero attached hydrogens (tertiary/aromatic N) is 3. The lowest BCUT2D eigenvalue weighted by Gasteiger charge is -2.35. The molecular formula is C19H20N4O. The van der Waals surface area contributed by atoms with E-state index < -0.39 is 0 Å². The predicted molar refractivity (Wildman–Crippen MR) is 95.8 cm³/mol. The minimum atomic E-state index is -0.0113. The third-order valence-electron chi connectivity index (χ3n) is 4.56. The topological polar surface area (TPSA) is 48.5 Å². The van der Waals surface area contributed by atoms with Gasteiger partial charge in [0, 0.05) is 49.8 Å². The minimum Gasteiger partial charge on any atom is -0.373 e. The molecule has 1 fully saturated rings. The van der Waals surface area contributed by atoms with Crippen LogP contribution in [0, 0.1) is 6.92 Å². The highest BCUT2D eigenvalue weighted by Gasteiger charge is 2.25.